The first kappa shape index (κ1) is 116. The number of benzene rings is 12. The van der Waals surface area contributed by atoms with Crippen LogP contribution in [0.15, 0.2) is 218 Å². The first-order valence-electron chi connectivity index (χ1n) is 48.5. The van der Waals surface area contributed by atoms with Crippen molar-refractivity contribution in [3.8, 4) is 46.0 Å². The highest BCUT2D eigenvalue weighted by molar-refractivity contribution is 7.81. The Balaban J connectivity index is 0.000000210. The Labute approximate surface area is 877 Å². The second-order valence-electron chi connectivity index (χ2n) is 35.2. The maximum atomic E-state index is 13.0. The van der Waals surface area contributed by atoms with E-state index in [2.05, 4.69) is 193 Å². The van der Waals surface area contributed by atoms with E-state index in [1.54, 1.807) is 13.2 Å². The van der Waals surface area contributed by atoms with Crippen molar-refractivity contribution < 1.29 is 59.8 Å². The van der Waals surface area contributed by atoms with E-state index in [0.717, 1.165) is 200 Å². The number of thiocarbonyl (C=S) groups is 6. The fourth-order valence-corrected chi connectivity index (χ4v) is 15.3. The highest BCUT2D eigenvalue weighted by Crippen LogP contribution is 2.42. The zero-order chi connectivity index (χ0) is 105. The van der Waals surface area contributed by atoms with Gasteiger partial charge in [0.15, 0.2) is 0 Å². The molecule has 0 aliphatic heterocycles. The minimum atomic E-state index is -4.41. The summed E-state index contributed by atoms with van der Waals surface area (Å²) in [5.41, 5.74) is 26.5. The topological polar surface area (TPSA) is 146 Å². The van der Waals surface area contributed by atoms with Gasteiger partial charge in [0.05, 0.1) is 49.2 Å². The minimum absolute atomic E-state index is 0.0355. The number of rotatable bonds is 36. The van der Waals surface area contributed by atoms with Crippen LogP contribution in [0.1, 0.15) is 241 Å². The predicted molar refractivity (Wildman–Crippen MR) is 608 cm³/mol. The Morgan fingerprint density at radius 1 is 0.301 bits per heavy atom. The first-order chi connectivity index (χ1) is 68.3. The van der Waals surface area contributed by atoms with Crippen LogP contribution in [0.2, 0.25) is 0 Å². The molecule has 1 saturated carbocycles. The van der Waals surface area contributed by atoms with Gasteiger partial charge in [-0.15, -0.1) is 0 Å². The molecule has 14 nitrogen and oxygen atoms in total. The van der Waals surface area contributed by atoms with Gasteiger partial charge in [-0.05, 0) is 289 Å². The summed E-state index contributed by atoms with van der Waals surface area (Å²) in [7, 11) is 1.66. The smallest absolute Gasteiger partial charge is 0.416 e. The molecular formula is C118H139F5N6O8S6. The number of hydrogen-bond donors (Lipinski definition) is 6. The van der Waals surface area contributed by atoms with Crippen LogP contribution in [-0.4, -0.2) is 43.6 Å². The number of methoxy groups -OCH3 is 1. The van der Waals surface area contributed by atoms with Crippen LogP contribution in [0.25, 0.3) is 0 Å². The molecule has 0 saturated heterocycles. The average molecular weight is 2060 g/mol. The molecule has 12 aromatic carbocycles. The summed E-state index contributed by atoms with van der Waals surface area (Å²) in [5, 5.41) is 19.2. The largest absolute Gasteiger partial charge is 0.497 e. The molecule has 0 aromatic heterocycles. The van der Waals surface area contributed by atoms with Gasteiger partial charge in [-0.3, -0.25) is 0 Å². The molecule has 0 bridgehead atoms. The van der Waals surface area contributed by atoms with Gasteiger partial charge in [-0.2, -0.15) is 13.2 Å². The van der Waals surface area contributed by atoms with Crippen LogP contribution < -0.4 is 69.8 Å². The molecule has 1 fully saturated rings. The molecule has 0 atom stereocenters. The minimum Gasteiger partial charge on any atom is -0.497 e. The van der Waals surface area contributed by atoms with Crippen molar-refractivity contribution in [2.45, 2.75) is 254 Å². The predicted octanol–water partition coefficient (Wildman–Crippen LogP) is 34.0. The van der Waals surface area contributed by atoms with Crippen LogP contribution >= 0.6 is 73.3 Å². The molecule has 0 radical (unpaired) electrons. The van der Waals surface area contributed by atoms with Crippen molar-refractivity contribution in [1.82, 2.24) is 0 Å². The van der Waals surface area contributed by atoms with Crippen LogP contribution in [0.3, 0.4) is 0 Å². The number of aryl methyl sites for hydroxylation is 13. The van der Waals surface area contributed by atoms with Gasteiger partial charge in [-0.1, -0.05) is 270 Å². The molecule has 0 heterocycles. The van der Waals surface area contributed by atoms with Crippen molar-refractivity contribution in [3.63, 3.8) is 0 Å². The van der Waals surface area contributed by atoms with E-state index in [9.17, 15) is 22.0 Å². The first-order valence-corrected chi connectivity index (χ1v) is 51.0. The monoisotopic (exact) mass is 2050 g/mol. The van der Waals surface area contributed by atoms with Crippen LogP contribution in [0.4, 0.5) is 56.1 Å². The molecule has 0 unspecified atom stereocenters. The SMILES string of the molecule is CCC(=S)Nc1cc(C(F)(F)F)ccc1COc1ccc(C)cc1C.CCC(=S)Nc1cc(C(F)F)ccc1COc1ccc(C)cc1C.CCC(=S)Nc1cc(C2CC2)ccc1COc1ccc(C)cc1C.CCC(=S)Nc1cc(CC)ccc1COc1ccc(C)cc1C.CCC(=S)Nc1cc(OC)ccc1COc1ccc(C)cc1C.CCOc1ccc(COc2ccc(C)cc2C)c(NC(=S)CC)c1. The summed E-state index contributed by atoms with van der Waals surface area (Å²) in [6, 6.07) is 69.7. The van der Waals surface area contributed by atoms with Crippen molar-refractivity contribution >= 4 is 137 Å². The molecule has 12 aromatic rings. The summed E-state index contributed by atoms with van der Waals surface area (Å²) in [4.78, 5) is 4.41. The Morgan fingerprint density at radius 3 is 0.846 bits per heavy atom. The van der Waals surface area contributed by atoms with Crippen molar-refractivity contribution in [2.75, 3.05) is 45.6 Å². The average Bonchev–Trinajstić information content (AvgIpc) is 1.74. The normalized spacial score (nSPS) is 11.1. The van der Waals surface area contributed by atoms with E-state index in [1.165, 1.54) is 70.0 Å². The van der Waals surface area contributed by atoms with Gasteiger partial charge in [0.2, 0.25) is 0 Å². The number of hydrogen-bond acceptors (Lipinski definition) is 14. The Bertz CT molecular complexity index is 6060. The van der Waals surface area contributed by atoms with E-state index in [-0.39, 0.29) is 18.8 Å². The second kappa shape index (κ2) is 58.7. The van der Waals surface area contributed by atoms with Gasteiger partial charge < -0.3 is 69.8 Å². The third kappa shape index (κ3) is 38.9. The lowest BCUT2D eigenvalue weighted by atomic mass is 10.1. The van der Waals surface area contributed by atoms with Gasteiger partial charge in [-0.25, -0.2) is 8.78 Å². The summed E-state index contributed by atoms with van der Waals surface area (Å²) in [6.07, 6.45) is 1.15. The van der Waals surface area contributed by atoms with E-state index in [0.29, 0.717) is 78.5 Å². The van der Waals surface area contributed by atoms with Crippen LogP contribution in [-0.2, 0) is 52.2 Å². The zero-order valence-corrected chi connectivity index (χ0v) is 91.3. The molecule has 13 rings (SSSR count). The third-order valence-corrected chi connectivity index (χ3v) is 25.5. The summed E-state index contributed by atoms with van der Waals surface area (Å²) >= 11 is 31.6. The van der Waals surface area contributed by atoms with E-state index in [1.807, 2.05) is 159 Å². The standard InChI is InChI=1S/C21H25NOS.C20H25NO2S.C20H25NOS.C19H20F3NOS.C19H21F2NOS.C19H23NO2S/c1-4-21(24)22-19-12-17(16-6-7-16)8-9-18(19)13-23-20-10-5-14(2)11-15(20)3;1-5-20(24)21-18-12-17(22-6-2)9-8-16(18)13-23-19-10-7-14(3)11-15(19)4;1-5-16-8-9-17(18(12-16)21-20(23)6-2)13-22-19-10-7-14(3)11-15(19)4;1-4-18(25)23-16-10-15(19(20,21)22)7-6-14(16)11-24-17-8-5-12(2)9-13(17)3;1-4-18(24)22-16-10-14(19(20)21)6-7-15(16)11-23-17-8-5-12(2)9-13(17)3;1-5-19(23)20-17-11-16(21-4)8-7-15(17)12-22-18-9-6-13(2)10-14(18)3/h5,8-12,16H,4,6-7,13H2,1-3H3,(H,22,24);7-12H,5-6,13H2,1-4H3,(H,21,24);7-12H,5-6,13H2,1-4H3,(H,21,23);5-10H,4,11H2,1-3H3,(H,23,25);5-10,19H,4,11H2,1-3H3,(H,22,24);6-11H,5,12H2,1-4H3,(H,20,23). The van der Waals surface area contributed by atoms with Gasteiger partial charge in [0.25, 0.3) is 6.43 Å². The quantitative estimate of drug-likeness (QED) is 0.0163. The fourth-order valence-electron chi connectivity index (χ4n) is 14.7. The Morgan fingerprint density at radius 2 is 0.566 bits per heavy atom. The van der Waals surface area contributed by atoms with Crippen LogP contribution in [0.5, 0.6) is 46.0 Å². The van der Waals surface area contributed by atoms with Gasteiger partial charge in [0.1, 0.15) is 85.6 Å². The Kier molecular flexibility index (Phi) is 47.7. The van der Waals surface area contributed by atoms with E-state index in [4.69, 9.17) is 111 Å². The van der Waals surface area contributed by atoms with E-state index >= 15 is 0 Å². The molecule has 1 aliphatic carbocycles. The lowest BCUT2D eigenvalue weighted by Crippen LogP contribution is -2.13. The van der Waals surface area contributed by atoms with Crippen molar-refractivity contribution in [1.29, 1.82) is 0 Å². The summed E-state index contributed by atoms with van der Waals surface area (Å²) in [6.45, 7) is 43.7. The molecule has 760 valence electrons. The molecule has 6 N–H and O–H groups in total. The molecule has 0 spiro atoms. The summed E-state index contributed by atoms with van der Waals surface area (Å²) in [5.74, 6) is 7.51. The number of alkyl halides is 5. The second-order valence-corrected chi connectivity index (χ2v) is 38.1. The van der Waals surface area contributed by atoms with E-state index < -0.39 is 18.2 Å². The highest BCUT2D eigenvalue weighted by Gasteiger charge is 2.32. The maximum Gasteiger partial charge on any atom is 0.416 e. The third-order valence-electron chi connectivity index (χ3n) is 23.2. The Hall–Kier alpha value is -12.0. The summed E-state index contributed by atoms with van der Waals surface area (Å²) < 4.78 is 111. The van der Waals surface area contributed by atoms with Crippen molar-refractivity contribution in [3.05, 3.63) is 341 Å². The lowest BCUT2D eigenvalue weighted by molar-refractivity contribution is -0.137. The molecular weight excluding hydrogens is 1920 g/mol. The molecule has 143 heavy (non-hydrogen) atoms. The number of nitrogens with one attached hydrogen (secondary N) is 6. The highest BCUT2D eigenvalue weighted by atomic mass is 32.1. The van der Waals surface area contributed by atoms with Crippen LogP contribution in [0, 0.1) is 83.1 Å². The van der Waals surface area contributed by atoms with Gasteiger partial charge >= 0.3 is 6.18 Å². The number of ether oxygens (including phenoxy) is 8. The fraction of sp³-hybridized carbons (Fsp3) is 0.339. The molecule has 1 aliphatic rings. The molecule has 25 heteroatoms. The van der Waals surface area contributed by atoms with Gasteiger partial charge in [0, 0.05) is 85.2 Å². The maximum absolute atomic E-state index is 13.0. The van der Waals surface area contributed by atoms with Crippen molar-refractivity contribution in [2.24, 2.45) is 0 Å². The zero-order valence-electron chi connectivity index (χ0n) is 86.4. The number of anilines is 6. The lowest BCUT2D eigenvalue weighted by Gasteiger charge is -2.16. The number of halogens is 5. The molecule has 0 amide bonds.